The first-order chi connectivity index (χ1) is 17.2. The molecule has 0 saturated carbocycles. The zero-order valence-corrected chi connectivity index (χ0v) is 22.4. The third-order valence-corrected chi connectivity index (χ3v) is 6.90. The average molecular weight is 488 g/mol. The van der Waals surface area contributed by atoms with E-state index in [1.165, 1.54) is 70.6 Å². The van der Waals surface area contributed by atoms with E-state index in [4.69, 9.17) is 9.47 Å². The van der Waals surface area contributed by atoms with Gasteiger partial charge in [-0.05, 0) is 49.9 Å². The molecule has 5 nitrogen and oxygen atoms in total. The molecule has 1 aromatic carbocycles. The standard InChI is InChI=1S/C30H49NO4/c1-3-5-7-9-11-12-14-15-24-34-27-21-19-26(20-22-27)29(32)31-23-17-18-28(31)30(33)35-25-16-13-10-8-6-4-2/h19-22,28H,3-18,23-25H2,1-2H3/t28-/m0/s1. The van der Waals surface area contributed by atoms with Crippen LogP contribution >= 0.6 is 0 Å². The molecule has 1 fully saturated rings. The number of nitrogens with zero attached hydrogens (tertiary/aromatic N) is 1. The second-order valence-electron chi connectivity index (χ2n) is 9.94. The molecule has 1 heterocycles. The number of carbonyl (C=O) groups excluding carboxylic acids is 2. The van der Waals surface area contributed by atoms with Gasteiger partial charge in [-0.3, -0.25) is 4.79 Å². The molecule has 0 N–H and O–H groups in total. The molecule has 0 radical (unpaired) electrons. The van der Waals surface area contributed by atoms with Gasteiger partial charge in [0.2, 0.25) is 0 Å². The SMILES string of the molecule is CCCCCCCCCCOc1ccc(C(=O)N2CCC[C@H]2C(=O)OCCCCCCCC)cc1. The number of hydrogen-bond acceptors (Lipinski definition) is 4. The van der Waals surface area contributed by atoms with Crippen molar-refractivity contribution in [2.45, 2.75) is 123 Å². The number of esters is 1. The highest BCUT2D eigenvalue weighted by Gasteiger charge is 2.35. The zero-order chi connectivity index (χ0) is 25.1. The van der Waals surface area contributed by atoms with E-state index in [9.17, 15) is 9.59 Å². The van der Waals surface area contributed by atoms with Gasteiger partial charge in [0.05, 0.1) is 13.2 Å². The summed E-state index contributed by atoms with van der Waals surface area (Å²) in [5, 5.41) is 0. The molecule has 0 aliphatic carbocycles. The fourth-order valence-corrected chi connectivity index (χ4v) is 4.69. The number of benzene rings is 1. The predicted molar refractivity (Wildman–Crippen MR) is 143 cm³/mol. The molecule has 1 aromatic rings. The van der Waals surface area contributed by atoms with Crippen LogP contribution in [0.2, 0.25) is 0 Å². The predicted octanol–water partition coefficient (Wildman–Crippen LogP) is 7.71. The third-order valence-electron chi connectivity index (χ3n) is 6.90. The molecule has 0 aromatic heterocycles. The highest BCUT2D eigenvalue weighted by molar-refractivity contribution is 5.97. The summed E-state index contributed by atoms with van der Waals surface area (Å²) in [7, 11) is 0. The van der Waals surface area contributed by atoms with E-state index in [2.05, 4.69) is 13.8 Å². The molecule has 0 bridgehead atoms. The second-order valence-corrected chi connectivity index (χ2v) is 9.94. The van der Waals surface area contributed by atoms with E-state index in [0.717, 1.165) is 31.4 Å². The van der Waals surface area contributed by atoms with Crippen LogP contribution in [0, 0.1) is 0 Å². The normalized spacial score (nSPS) is 15.4. The maximum atomic E-state index is 13.1. The van der Waals surface area contributed by atoms with Crippen molar-refractivity contribution in [2.75, 3.05) is 19.8 Å². The zero-order valence-electron chi connectivity index (χ0n) is 22.4. The number of unbranched alkanes of at least 4 members (excludes halogenated alkanes) is 12. The fraction of sp³-hybridized carbons (Fsp3) is 0.733. The van der Waals surface area contributed by atoms with Gasteiger partial charge in [0.25, 0.3) is 5.91 Å². The number of carbonyl (C=O) groups is 2. The Hall–Kier alpha value is -2.04. The van der Waals surface area contributed by atoms with Gasteiger partial charge in [0.15, 0.2) is 0 Å². The summed E-state index contributed by atoms with van der Waals surface area (Å²) in [6.07, 6.45) is 18.7. The van der Waals surface area contributed by atoms with E-state index in [-0.39, 0.29) is 11.9 Å². The number of rotatable bonds is 19. The van der Waals surface area contributed by atoms with E-state index in [1.807, 2.05) is 24.3 Å². The molecule has 5 heteroatoms. The molecule has 2 rings (SSSR count). The highest BCUT2D eigenvalue weighted by atomic mass is 16.5. The van der Waals surface area contributed by atoms with E-state index in [0.29, 0.717) is 31.7 Å². The molecule has 198 valence electrons. The van der Waals surface area contributed by atoms with Crippen LogP contribution < -0.4 is 4.74 Å². The average Bonchev–Trinajstić information content (AvgIpc) is 3.37. The van der Waals surface area contributed by atoms with Crippen LogP contribution in [0.5, 0.6) is 5.75 Å². The fourth-order valence-electron chi connectivity index (χ4n) is 4.69. The van der Waals surface area contributed by atoms with Crippen LogP contribution in [0.3, 0.4) is 0 Å². The Labute approximate surface area is 213 Å². The second kappa shape index (κ2) is 18.3. The van der Waals surface area contributed by atoms with Gasteiger partial charge >= 0.3 is 5.97 Å². The lowest BCUT2D eigenvalue weighted by atomic mass is 10.1. The molecule has 1 aliphatic heterocycles. The van der Waals surface area contributed by atoms with Crippen molar-refractivity contribution in [1.82, 2.24) is 4.90 Å². The Morgan fingerprint density at radius 1 is 0.771 bits per heavy atom. The van der Waals surface area contributed by atoms with Crippen LogP contribution in [0.4, 0.5) is 0 Å². The van der Waals surface area contributed by atoms with Crippen molar-refractivity contribution in [3.8, 4) is 5.75 Å². The van der Waals surface area contributed by atoms with Gasteiger partial charge < -0.3 is 14.4 Å². The van der Waals surface area contributed by atoms with Crippen molar-refractivity contribution in [2.24, 2.45) is 0 Å². The maximum absolute atomic E-state index is 13.1. The molecule has 1 aliphatic rings. The molecule has 1 saturated heterocycles. The monoisotopic (exact) mass is 487 g/mol. The molecule has 1 amide bonds. The lowest BCUT2D eigenvalue weighted by Crippen LogP contribution is -2.41. The molecule has 35 heavy (non-hydrogen) atoms. The van der Waals surface area contributed by atoms with E-state index in [1.54, 1.807) is 4.90 Å². The Balaban J connectivity index is 1.67. The Morgan fingerprint density at radius 2 is 1.31 bits per heavy atom. The lowest BCUT2D eigenvalue weighted by molar-refractivity contribution is -0.148. The van der Waals surface area contributed by atoms with Crippen LogP contribution in [0.15, 0.2) is 24.3 Å². The van der Waals surface area contributed by atoms with Gasteiger partial charge in [-0.15, -0.1) is 0 Å². The minimum Gasteiger partial charge on any atom is -0.494 e. The van der Waals surface area contributed by atoms with Crippen molar-refractivity contribution in [1.29, 1.82) is 0 Å². The van der Waals surface area contributed by atoms with Crippen molar-refractivity contribution >= 4 is 11.9 Å². The number of likely N-dealkylation sites (tertiary alicyclic amines) is 1. The van der Waals surface area contributed by atoms with Gasteiger partial charge in [-0.1, -0.05) is 90.9 Å². The quantitative estimate of drug-likeness (QED) is 0.148. The Kier molecular flexibility index (Phi) is 15.2. The van der Waals surface area contributed by atoms with E-state index < -0.39 is 6.04 Å². The van der Waals surface area contributed by atoms with Crippen LogP contribution in [0.25, 0.3) is 0 Å². The summed E-state index contributed by atoms with van der Waals surface area (Å²) < 4.78 is 11.4. The Morgan fingerprint density at radius 3 is 1.91 bits per heavy atom. The molecule has 0 unspecified atom stereocenters. The first-order valence-corrected chi connectivity index (χ1v) is 14.4. The minimum absolute atomic E-state index is 0.0985. The summed E-state index contributed by atoms with van der Waals surface area (Å²) in [6, 6.07) is 6.88. The number of amides is 1. The lowest BCUT2D eigenvalue weighted by Gasteiger charge is -2.23. The molecular formula is C30H49NO4. The summed E-state index contributed by atoms with van der Waals surface area (Å²) in [4.78, 5) is 27.3. The minimum atomic E-state index is -0.458. The van der Waals surface area contributed by atoms with Crippen molar-refractivity contribution in [3.05, 3.63) is 29.8 Å². The number of hydrogen-bond donors (Lipinski definition) is 0. The smallest absolute Gasteiger partial charge is 0.328 e. The number of ether oxygens (including phenoxy) is 2. The maximum Gasteiger partial charge on any atom is 0.328 e. The molecular weight excluding hydrogens is 438 g/mol. The van der Waals surface area contributed by atoms with Gasteiger partial charge in [0.1, 0.15) is 11.8 Å². The molecule has 0 spiro atoms. The van der Waals surface area contributed by atoms with Crippen LogP contribution in [0.1, 0.15) is 127 Å². The summed E-state index contributed by atoms with van der Waals surface area (Å²) in [6.45, 7) is 6.22. The summed E-state index contributed by atoms with van der Waals surface area (Å²) in [5.41, 5.74) is 0.597. The van der Waals surface area contributed by atoms with Crippen molar-refractivity contribution < 1.29 is 19.1 Å². The largest absolute Gasteiger partial charge is 0.494 e. The topological polar surface area (TPSA) is 55.8 Å². The highest BCUT2D eigenvalue weighted by Crippen LogP contribution is 2.23. The van der Waals surface area contributed by atoms with Crippen molar-refractivity contribution in [3.63, 3.8) is 0 Å². The third kappa shape index (κ3) is 11.5. The summed E-state index contributed by atoms with van der Waals surface area (Å²) >= 11 is 0. The van der Waals surface area contributed by atoms with Gasteiger partial charge in [-0.25, -0.2) is 4.79 Å². The molecule has 1 atom stereocenters. The first-order valence-electron chi connectivity index (χ1n) is 14.4. The van der Waals surface area contributed by atoms with Gasteiger partial charge in [0, 0.05) is 12.1 Å². The first kappa shape index (κ1) is 29.2. The van der Waals surface area contributed by atoms with Crippen LogP contribution in [-0.2, 0) is 9.53 Å². The van der Waals surface area contributed by atoms with Crippen LogP contribution in [-0.4, -0.2) is 42.6 Å². The Bertz CT molecular complexity index is 703. The van der Waals surface area contributed by atoms with E-state index >= 15 is 0 Å². The summed E-state index contributed by atoms with van der Waals surface area (Å²) in [5.74, 6) is 0.439. The van der Waals surface area contributed by atoms with Gasteiger partial charge in [-0.2, -0.15) is 0 Å².